The molecule has 208 valence electrons. The summed E-state index contributed by atoms with van der Waals surface area (Å²) in [4.78, 5) is 21.3. The van der Waals surface area contributed by atoms with E-state index < -0.39 is 18.1 Å². The molecule has 2 aromatic heterocycles. The van der Waals surface area contributed by atoms with Crippen LogP contribution in [-0.4, -0.2) is 63.7 Å². The number of aromatic amines is 1. The summed E-state index contributed by atoms with van der Waals surface area (Å²) < 4.78 is 44.6. The van der Waals surface area contributed by atoms with E-state index in [1.165, 1.54) is 0 Å². The fourth-order valence-corrected chi connectivity index (χ4v) is 5.61. The topological polar surface area (TPSA) is 129 Å². The Morgan fingerprint density at radius 3 is 2.55 bits per heavy atom. The SMILES string of the molecule is O=C(NC1CCC(Nc2nccc(Nc3cc(C4CCOC4)[nH]n3)n2)CC1)N[C@@H]1CCC[C@H](C(F)(F)F)C1. The summed E-state index contributed by atoms with van der Waals surface area (Å²) in [5.41, 5.74) is 1.04. The number of amides is 2. The van der Waals surface area contributed by atoms with E-state index in [9.17, 15) is 18.0 Å². The van der Waals surface area contributed by atoms with Crippen LogP contribution in [-0.2, 0) is 4.74 Å². The Kier molecular flexibility index (Phi) is 8.20. The molecular formula is C25H35F3N8O2. The highest BCUT2D eigenvalue weighted by Crippen LogP contribution is 2.37. The minimum Gasteiger partial charge on any atom is -0.381 e. The van der Waals surface area contributed by atoms with Crippen molar-refractivity contribution in [1.29, 1.82) is 0 Å². The number of nitrogens with zero attached hydrogens (tertiary/aromatic N) is 3. The van der Waals surface area contributed by atoms with Crippen molar-refractivity contribution in [1.82, 2.24) is 30.8 Å². The zero-order chi connectivity index (χ0) is 26.5. The molecule has 3 aliphatic rings. The molecule has 38 heavy (non-hydrogen) atoms. The molecule has 2 aromatic rings. The van der Waals surface area contributed by atoms with Gasteiger partial charge in [0.15, 0.2) is 5.82 Å². The van der Waals surface area contributed by atoms with Crippen LogP contribution in [0.5, 0.6) is 0 Å². The van der Waals surface area contributed by atoms with E-state index in [0.717, 1.165) is 44.4 Å². The summed E-state index contributed by atoms with van der Waals surface area (Å²) >= 11 is 0. The molecule has 5 N–H and O–H groups in total. The van der Waals surface area contributed by atoms with E-state index in [1.807, 2.05) is 6.07 Å². The molecule has 0 spiro atoms. The van der Waals surface area contributed by atoms with Crippen molar-refractivity contribution in [3.63, 3.8) is 0 Å². The van der Waals surface area contributed by atoms with Crippen LogP contribution in [0, 0.1) is 5.92 Å². The molecule has 3 heterocycles. The summed E-state index contributed by atoms with van der Waals surface area (Å²) in [5.74, 6) is 0.836. The van der Waals surface area contributed by atoms with E-state index in [2.05, 4.69) is 41.4 Å². The van der Waals surface area contributed by atoms with Crippen LogP contribution < -0.4 is 21.3 Å². The van der Waals surface area contributed by atoms with Crippen molar-refractivity contribution in [3.05, 3.63) is 24.0 Å². The number of ether oxygens (including phenoxy) is 1. The third-order valence-electron chi connectivity index (χ3n) is 7.75. The average Bonchev–Trinajstić information content (AvgIpc) is 3.58. The van der Waals surface area contributed by atoms with Gasteiger partial charge in [-0.1, -0.05) is 6.42 Å². The van der Waals surface area contributed by atoms with Crippen molar-refractivity contribution in [3.8, 4) is 0 Å². The lowest BCUT2D eigenvalue weighted by molar-refractivity contribution is -0.183. The summed E-state index contributed by atoms with van der Waals surface area (Å²) in [6.45, 7) is 1.47. The Morgan fingerprint density at radius 2 is 1.79 bits per heavy atom. The first-order valence-corrected chi connectivity index (χ1v) is 13.4. The molecule has 2 amide bonds. The zero-order valence-electron chi connectivity index (χ0n) is 21.2. The maximum absolute atomic E-state index is 13.0. The molecule has 3 fully saturated rings. The lowest BCUT2D eigenvalue weighted by Crippen LogP contribution is -2.49. The minimum atomic E-state index is -4.20. The lowest BCUT2D eigenvalue weighted by atomic mass is 9.85. The number of halogens is 3. The van der Waals surface area contributed by atoms with Crippen LogP contribution in [0.2, 0.25) is 0 Å². The van der Waals surface area contributed by atoms with Crippen LogP contribution in [0.1, 0.15) is 69.4 Å². The van der Waals surface area contributed by atoms with Crippen molar-refractivity contribution >= 4 is 23.6 Å². The Hall–Kier alpha value is -3.09. The quantitative estimate of drug-likeness (QED) is 0.350. The van der Waals surface area contributed by atoms with Crippen molar-refractivity contribution < 1.29 is 22.7 Å². The third-order valence-corrected chi connectivity index (χ3v) is 7.75. The standard InChI is InChI=1S/C25H35F3N8O2/c26-25(27,28)16-2-1-3-19(12-16)32-24(37)31-18-6-4-17(5-7-18)30-23-29-10-8-21(34-23)33-22-13-20(35-36-22)15-9-11-38-14-15/h8,10,13,15-19H,1-7,9,11-12,14H2,(H2,31,32,37)(H3,29,30,33,34,35,36)/t15?,16-,17?,18?,19+/m0/s1. The Bertz CT molecular complexity index is 1070. The molecule has 13 heteroatoms. The number of carbonyl (C=O) groups is 1. The molecule has 2 aliphatic carbocycles. The van der Waals surface area contributed by atoms with E-state index in [-0.39, 0.29) is 31.0 Å². The second-order valence-electron chi connectivity index (χ2n) is 10.6. The summed E-state index contributed by atoms with van der Waals surface area (Å²) in [6, 6.07) is 3.09. The predicted molar refractivity (Wildman–Crippen MR) is 135 cm³/mol. The van der Waals surface area contributed by atoms with Gasteiger partial charge < -0.3 is 26.0 Å². The van der Waals surface area contributed by atoms with E-state index in [0.29, 0.717) is 43.0 Å². The second kappa shape index (κ2) is 11.7. The molecule has 1 unspecified atom stereocenters. The highest BCUT2D eigenvalue weighted by molar-refractivity contribution is 5.74. The van der Waals surface area contributed by atoms with Crippen LogP contribution in [0.3, 0.4) is 0 Å². The molecule has 3 atom stereocenters. The van der Waals surface area contributed by atoms with Gasteiger partial charge >= 0.3 is 12.2 Å². The monoisotopic (exact) mass is 536 g/mol. The number of alkyl halides is 3. The van der Waals surface area contributed by atoms with Crippen molar-refractivity contribution in [2.75, 3.05) is 23.8 Å². The Balaban J connectivity index is 1.05. The van der Waals surface area contributed by atoms with Crippen LogP contribution in [0.4, 0.5) is 35.5 Å². The van der Waals surface area contributed by atoms with Gasteiger partial charge in [0.25, 0.3) is 0 Å². The number of H-pyrrole nitrogens is 1. The summed E-state index contributed by atoms with van der Waals surface area (Å²) in [6.07, 6.45) is 2.78. The highest BCUT2D eigenvalue weighted by Gasteiger charge is 2.42. The first-order valence-electron chi connectivity index (χ1n) is 13.4. The molecule has 0 aromatic carbocycles. The number of nitrogens with one attached hydrogen (secondary N) is 5. The number of carbonyl (C=O) groups excluding carboxylic acids is 1. The van der Waals surface area contributed by atoms with E-state index in [4.69, 9.17) is 4.74 Å². The van der Waals surface area contributed by atoms with Gasteiger partial charge in [-0.05, 0) is 57.4 Å². The molecule has 0 bridgehead atoms. The van der Waals surface area contributed by atoms with Crippen molar-refractivity contribution in [2.45, 2.75) is 88.0 Å². The average molecular weight is 537 g/mol. The predicted octanol–water partition coefficient (Wildman–Crippen LogP) is 4.59. The first-order chi connectivity index (χ1) is 18.3. The largest absolute Gasteiger partial charge is 0.391 e. The Labute approximate surface area is 219 Å². The maximum Gasteiger partial charge on any atom is 0.391 e. The second-order valence-corrected chi connectivity index (χ2v) is 10.6. The van der Waals surface area contributed by atoms with E-state index in [1.54, 1.807) is 12.3 Å². The van der Waals surface area contributed by atoms with Crippen LogP contribution in [0.25, 0.3) is 0 Å². The molecule has 2 saturated carbocycles. The van der Waals surface area contributed by atoms with Gasteiger partial charge in [-0.25, -0.2) is 9.78 Å². The van der Waals surface area contributed by atoms with Crippen LogP contribution in [0.15, 0.2) is 18.3 Å². The van der Waals surface area contributed by atoms with Crippen LogP contribution >= 0.6 is 0 Å². The number of rotatable bonds is 7. The number of hydrogen-bond donors (Lipinski definition) is 5. The minimum absolute atomic E-state index is 0.0110. The Morgan fingerprint density at radius 1 is 1.00 bits per heavy atom. The van der Waals surface area contributed by atoms with Gasteiger partial charge in [-0.15, -0.1) is 0 Å². The number of aromatic nitrogens is 4. The van der Waals surface area contributed by atoms with E-state index >= 15 is 0 Å². The molecule has 0 radical (unpaired) electrons. The van der Waals surface area contributed by atoms with Gasteiger partial charge in [0.2, 0.25) is 5.95 Å². The molecule has 10 nitrogen and oxygen atoms in total. The smallest absolute Gasteiger partial charge is 0.381 e. The fourth-order valence-electron chi connectivity index (χ4n) is 5.61. The maximum atomic E-state index is 13.0. The number of anilines is 3. The summed E-state index contributed by atoms with van der Waals surface area (Å²) in [7, 11) is 0. The van der Waals surface area contributed by atoms with Gasteiger partial charge in [0, 0.05) is 48.6 Å². The van der Waals surface area contributed by atoms with Gasteiger partial charge in [-0.3, -0.25) is 5.10 Å². The summed E-state index contributed by atoms with van der Waals surface area (Å²) in [5, 5.41) is 19.7. The number of urea groups is 1. The molecular weight excluding hydrogens is 501 g/mol. The third kappa shape index (κ3) is 7.06. The van der Waals surface area contributed by atoms with Gasteiger partial charge in [0.1, 0.15) is 5.82 Å². The molecule has 1 aliphatic heterocycles. The number of hydrogen-bond acceptors (Lipinski definition) is 7. The lowest BCUT2D eigenvalue weighted by Gasteiger charge is -2.33. The van der Waals surface area contributed by atoms with Crippen molar-refractivity contribution in [2.24, 2.45) is 5.92 Å². The molecule has 1 saturated heterocycles. The normalized spacial score (nSPS) is 28.0. The van der Waals surface area contributed by atoms with Gasteiger partial charge in [0.05, 0.1) is 12.5 Å². The first kappa shape index (κ1) is 26.5. The highest BCUT2D eigenvalue weighted by atomic mass is 19.4. The van der Waals surface area contributed by atoms with Gasteiger partial charge in [-0.2, -0.15) is 23.3 Å². The zero-order valence-corrected chi connectivity index (χ0v) is 21.2. The fraction of sp³-hybridized carbons (Fsp3) is 0.680. The molecule has 5 rings (SSSR count).